The first-order valence-electron chi connectivity index (χ1n) is 9.12. The van der Waals surface area contributed by atoms with Gasteiger partial charge < -0.3 is 14.5 Å². The van der Waals surface area contributed by atoms with Crippen LogP contribution in [0.3, 0.4) is 0 Å². The molecule has 4 rings (SSSR count). The van der Waals surface area contributed by atoms with Crippen molar-refractivity contribution in [3.63, 3.8) is 0 Å². The van der Waals surface area contributed by atoms with Gasteiger partial charge in [-0.2, -0.15) is 5.26 Å². The van der Waals surface area contributed by atoms with E-state index in [0.717, 1.165) is 11.1 Å². The molecule has 0 unspecified atom stereocenters. The van der Waals surface area contributed by atoms with Crippen molar-refractivity contribution >= 4 is 22.6 Å². The second-order valence-corrected chi connectivity index (χ2v) is 6.52. The Morgan fingerprint density at radius 3 is 2.63 bits per heavy atom. The molecule has 0 bridgehead atoms. The van der Waals surface area contributed by atoms with Gasteiger partial charge in [0, 0.05) is 11.1 Å². The minimum atomic E-state index is -0.754. The van der Waals surface area contributed by atoms with Crippen molar-refractivity contribution < 1.29 is 13.9 Å². The van der Waals surface area contributed by atoms with Crippen LogP contribution in [-0.2, 0) is 0 Å². The van der Waals surface area contributed by atoms with Crippen molar-refractivity contribution in [1.29, 1.82) is 5.26 Å². The van der Waals surface area contributed by atoms with Crippen LogP contribution < -0.4 is 15.7 Å². The normalized spacial score (nSPS) is 10.4. The van der Waals surface area contributed by atoms with Crippen molar-refractivity contribution in [3.05, 3.63) is 94.3 Å². The highest BCUT2D eigenvalue weighted by Crippen LogP contribution is 2.27. The second kappa shape index (κ2) is 7.94. The molecule has 1 N–H and O–H groups in total. The molecule has 0 radical (unpaired) electrons. The maximum absolute atomic E-state index is 12.7. The van der Waals surface area contributed by atoms with Gasteiger partial charge in [0.2, 0.25) is 0 Å². The summed E-state index contributed by atoms with van der Waals surface area (Å²) in [7, 11) is 1.48. The van der Waals surface area contributed by atoms with E-state index in [1.165, 1.54) is 13.2 Å². The summed E-state index contributed by atoms with van der Waals surface area (Å²) in [6.07, 6.45) is 0. The molecule has 6 heteroatoms. The van der Waals surface area contributed by atoms with E-state index >= 15 is 0 Å². The van der Waals surface area contributed by atoms with Crippen LogP contribution in [0.25, 0.3) is 22.1 Å². The fourth-order valence-corrected chi connectivity index (χ4v) is 3.23. The number of ether oxygens (including phenoxy) is 1. The van der Waals surface area contributed by atoms with Crippen molar-refractivity contribution in [2.75, 3.05) is 12.4 Å². The molecule has 0 saturated carbocycles. The van der Waals surface area contributed by atoms with E-state index in [4.69, 9.17) is 9.15 Å². The zero-order valence-electron chi connectivity index (χ0n) is 16.0. The fraction of sp³-hybridized carbons (Fsp3) is 0.0417. The van der Waals surface area contributed by atoms with E-state index in [-0.39, 0.29) is 11.1 Å². The summed E-state index contributed by atoms with van der Waals surface area (Å²) >= 11 is 0. The third-order valence-electron chi connectivity index (χ3n) is 4.67. The predicted octanol–water partition coefficient (Wildman–Crippen LogP) is 4.59. The van der Waals surface area contributed by atoms with Gasteiger partial charge in [0.05, 0.1) is 18.7 Å². The van der Waals surface area contributed by atoms with Gasteiger partial charge in [0.1, 0.15) is 5.56 Å². The second-order valence-electron chi connectivity index (χ2n) is 6.52. The number of carbonyl (C=O) groups is 1. The average molecular weight is 396 g/mol. The maximum Gasteiger partial charge on any atom is 0.349 e. The van der Waals surface area contributed by atoms with Gasteiger partial charge >= 0.3 is 5.63 Å². The van der Waals surface area contributed by atoms with E-state index < -0.39 is 11.5 Å². The van der Waals surface area contributed by atoms with Gasteiger partial charge in [-0.3, -0.25) is 4.79 Å². The number of hydrogen-bond acceptors (Lipinski definition) is 5. The number of methoxy groups -OCH3 is 1. The highest BCUT2D eigenvalue weighted by atomic mass is 16.5. The van der Waals surface area contributed by atoms with Gasteiger partial charge in [0.25, 0.3) is 5.91 Å². The molecule has 1 aromatic heterocycles. The lowest BCUT2D eigenvalue weighted by Crippen LogP contribution is -2.20. The molecule has 146 valence electrons. The van der Waals surface area contributed by atoms with Gasteiger partial charge in [-0.05, 0) is 41.5 Å². The molecule has 1 amide bonds. The summed E-state index contributed by atoms with van der Waals surface area (Å²) in [5, 5.41) is 12.6. The average Bonchev–Trinajstić information content (AvgIpc) is 2.78. The molecular weight excluding hydrogens is 380 g/mol. The summed E-state index contributed by atoms with van der Waals surface area (Å²) in [4.78, 5) is 25.1. The quantitative estimate of drug-likeness (QED) is 0.509. The highest BCUT2D eigenvalue weighted by molar-refractivity contribution is 6.06. The molecule has 0 aliphatic carbocycles. The number of hydrogen-bond donors (Lipinski definition) is 1. The number of carbonyl (C=O) groups excluding carboxylic acids is 1. The Morgan fingerprint density at radius 2 is 1.83 bits per heavy atom. The standard InChI is InChI=1S/C24H16N2O4/c1-29-21-11-5-8-16-13-20(24(28)30-22(16)21)23(27)26-18-9-4-7-15(12-18)19-10-3-2-6-17(19)14-25/h2-13H,1H3,(H,26,27). The Balaban J connectivity index is 1.67. The number of nitriles is 1. The number of amides is 1. The summed E-state index contributed by atoms with van der Waals surface area (Å²) < 4.78 is 10.5. The van der Waals surface area contributed by atoms with Gasteiger partial charge in [0.15, 0.2) is 11.3 Å². The van der Waals surface area contributed by atoms with E-state index in [9.17, 15) is 14.9 Å². The monoisotopic (exact) mass is 396 g/mol. The minimum Gasteiger partial charge on any atom is -0.493 e. The molecule has 4 aromatic rings. The van der Waals surface area contributed by atoms with Crippen molar-refractivity contribution in [2.45, 2.75) is 0 Å². The van der Waals surface area contributed by atoms with E-state index in [0.29, 0.717) is 22.4 Å². The summed E-state index contributed by atoms with van der Waals surface area (Å²) in [5.74, 6) is -0.167. The Morgan fingerprint density at radius 1 is 1.03 bits per heavy atom. The number of fused-ring (bicyclic) bond motifs is 1. The van der Waals surface area contributed by atoms with Gasteiger partial charge in [-0.1, -0.05) is 42.5 Å². The largest absolute Gasteiger partial charge is 0.493 e. The van der Waals surface area contributed by atoms with Crippen LogP contribution >= 0.6 is 0 Å². The lowest BCUT2D eigenvalue weighted by molar-refractivity contribution is 0.102. The fourth-order valence-electron chi connectivity index (χ4n) is 3.23. The molecule has 0 atom stereocenters. The molecule has 0 saturated heterocycles. The Bertz CT molecular complexity index is 1370. The van der Waals surface area contributed by atoms with E-state index in [1.54, 1.807) is 48.5 Å². The molecule has 6 nitrogen and oxygen atoms in total. The first-order chi connectivity index (χ1) is 14.6. The van der Waals surface area contributed by atoms with Crippen LogP contribution in [-0.4, -0.2) is 13.0 Å². The van der Waals surface area contributed by atoms with Crippen LogP contribution in [0.4, 0.5) is 5.69 Å². The van der Waals surface area contributed by atoms with Crippen LogP contribution in [0.2, 0.25) is 0 Å². The number of rotatable bonds is 4. The third kappa shape index (κ3) is 3.52. The Hall–Kier alpha value is -4.37. The van der Waals surface area contributed by atoms with Crippen LogP contribution in [0.15, 0.2) is 82.0 Å². The molecule has 1 heterocycles. The lowest BCUT2D eigenvalue weighted by Gasteiger charge is -2.09. The Labute approximate surface area is 172 Å². The summed E-state index contributed by atoms with van der Waals surface area (Å²) in [6, 6.07) is 23.1. The molecule has 3 aromatic carbocycles. The number of anilines is 1. The molecule has 0 aliphatic rings. The number of nitrogens with zero attached hydrogens (tertiary/aromatic N) is 1. The van der Waals surface area contributed by atoms with Crippen molar-refractivity contribution in [2.24, 2.45) is 0 Å². The summed E-state index contributed by atoms with van der Waals surface area (Å²) in [5.41, 5.74) is 1.99. The summed E-state index contributed by atoms with van der Waals surface area (Å²) in [6.45, 7) is 0. The molecule has 30 heavy (non-hydrogen) atoms. The topological polar surface area (TPSA) is 92.3 Å². The molecule has 0 aliphatic heterocycles. The lowest BCUT2D eigenvalue weighted by atomic mass is 10.00. The Kier molecular flexibility index (Phi) is 5.02. The smallest absolute Gasteiger partial charge is 0.349 e. The molecule has 0 fully saturated rings. The molecular formula is C24H16N2O4. The SMILES string of the molecule is COc1cccc2cc(C(=O)Nc3cccc(-c4ccccc4C#N)c3)c(=O)oc12. The van der Waals surface area contributed by atoms with Crippen molar-refractivity contribution in [1.82, 2.24) is 0 Å². The van der Waals surface area contributed by atoms with Crippen LogP contribution in [0.5, 0.6) is 5.75 Å². The van der Waals surface area contributed by atoms with E-state index in [1.807, 2.05) is 18.2 Å². The minimum absolute atomic E-state index is 0.112. The highest BCUT2D eigenvalue weighted by Gasteiger charge is 2.16. The van der Waals surface area contributed by atoms with Gasteiger partial charge in [-0.25, -0.2) is 4.79 Å². The number of benzene rings is 3. The first kappa shape index (κ1) is 19.0. The van der Waals surface area contributed by atoms with Crippen LogP contribution in [0, 0.1) is 11.3 Å². The zero-order chi connectivity index (χ0) is 21.1. The van der Waals surface area contributed by atoms with E-state index in [2.05, 4.69) is 11.4 Å². The number of nitrogens with one attached hydrogen (secondary N) is 1. The maximum atomic E-state index is 12.7. The van der Waals surface area contributed by atoms with Gasteiger partial charge in [-0.15, -0.1) is 0 Å². The predicted molar refractivity (Wildman–Crippen MR) is 114 cm³/mol. The number of para-hydroxylation sites is 1. The first-order valence-corrected chi connectivity index (χ1v) is 9.12. The van der Waals surface area contributed by atoms with Crippen LogP contribution in [0.1, 0.15) is 15.9 Å². The zero-order valence-corrected chi connectivity index (χ0v) is 16.0. The third-order valence-corrected chi connectivity index (χ3v) is 4.67. The molecule has 0 spiro atoms. The van der Waals surface area contributed by atoms with Crippen molar-refractivity contribution in [3.8, 4) is 22.9 Å².